The molecule has 0 bridgehead atoms. The maximum absolute atomic E-state index is 3.50. The minimum Gasteiger partial charge on any atom is -0.179 e. The van der Waals surface area contributed by atoms with E-state index in [1.165, 1.54) is 44.5 Å². The number of rotatable bonds is 5. The van der Waals surface area contributed by atoms with Gasteiger partial charge in [-0.1, -0.05) is 71.8 Å². The van der Waals surface area contributed by atoms with Gasteiger partial charge < -0.3 is 0 Å². The maximum atomic E-state index is 3.50. The number of hydrogen-bond acceptors (Lipinski definition) is 0. The van der Waals surface area contributed by atoms with Gasteiger partial charge in [-0.3, -0.25) is 0 Å². The zero-order chi connectivity index (χ0) is 21.3. The Labute approximate surface area is 215 Å². The van der Waals surface area contributed by atoms with E-state index in [-0.39, 0.29) is 25.8 Å². The quantitative estimate of drug-likeness (QED) is 0.165. The molecule has 4 aromatic carbocycles. The minimum absolute atomic E-state index is 0. The van der Waals surface area contributed by atoms with Crippen molar-refractivity contribution < 1.29 is 25.8 Å². The molecule has 6 rings (SSSR count). The SMILES string of the molecule is [Hf].[c-]1ccccc1C1C(CCC2=Cc3ccccc3C2c2[c-]cccc2)=Cc2ccccc21. The first kappa shape index (κ1) is 22.0. The van der Waals surface area contributed by atoms with Gasteiger partial charge in [0.2, 0.25) is 0 Å². The van der Waals surface area contributed by atoms with Crippen molar-refractivity contribution in [2.75, 3.05) is 0 Å². The first-order chi connectivity index (χ1) is 15.9. The third kappa shape index (κ3) is 4.15. The molecule has 2 aliphatic carbocycles. The van der Waals surface area contributed by atoms with Crippen LogP contribution in [-0.4, -0.2) is 0 Å². The van der Waals surface area contributed by atoms with Crippen LogP contribution in [0.4, 0.5) is 0 Å². The summed E-state index contributed by atoms with van der Waals surface area (Å²) in [4.78, 5) is 0. The van der Waals surface area contributed by atoms with E-state index in [4.69, 9.17) is 0 Å². The fourth-order valence-electron chi connectivity index (χ4n) is 5.41. The van der Waals surface area contributed by atoms with Gasteiger partial charge >= 0.3 is 0 Å². The Hall–Kier alpha value is -2.77. The predicted molar refractivity (Wildman–Crippen MR) is 132 cm³/mol. The van der Waals surface area contributed by atoms with Crippen LogP contribution in [-0.2, 0) is 25.8 Å². The van der Waals surface area contributed by atoms with E-state index in [0.29, 0.717) is 11.8 Å². The molecule has 0 amide bonds. The molecular formula is C32H24Hf-2. The zero-order valence-electron chi connectivity index (χ0n) is 18.5. The Bertz CT molecular complexity index is 1210. The molecule has 2 atom stereocenters. The predicted octanol–water partition coefficient (Wildman–Crippen LogP) is 7.82. The summed E-state index contributed by atoms with van der Waals surface area (Å²) in [6.45, 7) is 0. The molecule has 33 heavy (non-hydrogen) atoms. The average Bonchev–Trinajstić information content (AvgIpc) is 3.41. The summed E-state index contributed by atoms with van der Waals surface area (Å²) in [6.07, 6.45) is 6.91. The molecule has 0 aliphatic heterocycles. The molecule has 0 spiro atoms. The van der Waals surface area contributed by atoms with E-state index in [9.17, 15) is 0 Å². The van der Waals surface area contributed by atoms with E-state index >= 15 is 0 Å². The standard InChI is InChI=1S/C32H24.Hf/c1-3-11-23(12-4-1)31-27(21-25-15-7-9-17-29(25)31)19-20-28-22-26-16-8-10-18-30(26)32(28)24-13-5-2-6-14-24;/h1-11,13,15-18,21-22,31-32H,19-20H2;/q-2;. The van der Waals surface area contributed by atoms with Crippen molar-refractivity contribution in [2.24, 2.45) is 0 Å². The third-order valence-corrected chi connectivity index (χ3v) is 6.83. The van der Waals surface area contributed by atoms with Gasteiger partial charge in [0.15, 0.2) is 0 Å². The van der Waals surface area contributed by atoms with Gasteiger partial charge in [-0.25, -0.2) is 0 Å². The fourth-order valence-corrected chi connectivity index (χ4v) is 5.41. The molecule has 0 fully saturated rings. The van der Waals surface area contributed by atoms with Gasteiger partial charge in [0, 0.05) is 37.7 Å². The summed E-state index contributed by atoms with van der Waals surface area (Å²) in [5, 5.41) is 0. The van der Waals surface area contributed by atoms with E-state index in [1.807, 2.05) is 12.1 Å². The number of allylic oxidation sites excluding steroid dienone is 2. The van der Waals surface area contributed by atoms with Gasteiger partial charge in [-0.05, 0) is 35.1 Å². The van der Waals surface area contributed by atoms with Crippen molar-refractivity contribution in [3.63, 3.8) is 0 Å². The molecule has 0 heterocycles. The Morgan fingerprint density at radius 1 is 0.515 bits per heavy atom. The molecule has 2 unspecified atom stereocenters. The van der Waals surface area contributed by atoms with Crippen molar-refractivity contribution in [3.05, 3.63) is 154 Å². The first-order valence-corrected chi connectivity index (χ1v) is 11.4. The van der Waals surface area contributed by atoms with Crippen LogP contribution in [0.15, 0.2) is 108 Å². The third-order valence-electron chi connectivity index (χ3n) is 6.83. The first-order valence-electron chi connectivity index (χ1n) is 11.4. The van der Waals surface area contributed by atoms with Crippen LogP contribution in [0, 0.1) is 12.1 Å². The number of hydrogen-bond donors (Lipinski definition) is 0. The Balaban J connectivity index is 0.00000228. The average molecular weight is 587 g/mol. The molecule has 0 saturated heterocycles. The van der Waals surface area contributed by atoms with Crippen LogP contribution in [0.3, 0.4) is 0 Å². The summed E-state index contributed by atoms with van der Waals surface area (Å²) >= 11 is 0. The van der Waals surface area contributed by atoms with E-state index in [2.05, 4.69) is 109 Å². The van der Waals surface area contributed by atoms with E-state index in [1.54, 1.807) is 0 Å². The van der Waals surface area contributed by atoms with Crippen LogP contribution >= 0.6 is 0 Å². The van der Waals surface area contributed by atoms with Crippen LogP contribution in [0.1, 0.15) is 58.1 Å². The van der Waals surface area contributed by atoms with Crippen LogP contribution in [0.5, 0.6) is 0 Å². The van der Waals surface area contributed by atoms with Crippen LogP contribution in [0.25, 0.3) is 12.2 Å². The van der Waals surface area contributed by atoms with Crippen molar-refractivity contribution in [2.45, 2.75) is 24.7 Å². The summed E-state index contributed by atoms with van der Waals surface area (Å²) in [6, 6.07) is 41.5. The number of fused-ring (bicyclic) bond motifs is 2. The number of benzene rings is 4. The largest absolute Gasteiger partial charge is 0.179 e. The van der Waals surface area contributed by atoms with Gasteiger partial charge in [0.25, 0.3) is 0 Å². The molecule has 0 N–H and O–H groups in total. The normalized spacial score (nSPS) is 18.1. The van der Waals surface area contributed by atoms with Gasteiger partial charge in [-0.2, -0.15) is 71.8 Å². The van der Waals surface area contributed by atoms with Gasteiger partial charge in [0.1, 0.15) is 0 Å². The van der Waals surface area contributed by atoms with Crippen molar-refractivity contribution in [3.8, 4) is 0 Å². The minimum atomic E-state index is 0. The molecule has 1 heteroatoms. The maximum Gasteiger partial charge on any atom is 0.00825 e. The van der Waals surface area contributed by atoms with Crippen molar-refractivity contribution in [1.82, 2.24) is 0 Å². The summed E-state index contributed by atoms with van der Waals surface area (Å²) in [5.74, 6) is 0.608. The molecule has 2 aliphatic rings. The topological polar surface area (TPSA) is 0 Å². The molecule has 4 aromatic rings. The molecule has 158 valence electrons. The molecule has 0 saturated carbocycles. The summed E-state index contributed by atoms with van der Waals surface area (Å²) < 4.78 is 0. The van der Waals surface area contributed by atoms with E-state index < -0.39 is 0 Å². The molecular weight excluding hydrogens is 563 g/mol. The Morgan fingerprint density at radius 3 is 1.36 bits per heavy atom. The zero-order valence-corrected chi connectivity index (χ0v) is 22.1. The fraction of sp³-hybridized carbons (Fsp3) is 0.125. The Kier molecular flexibility index (Phi) is 6.42. The second-order valence-corrected chi connectivity index (χ2v) is 8.70. The Morgan fingerprint density at radius 2 is 0.939 bits per heavy atom. The van der Waals surface area contributed by atoms with E-state index in [0.717, 1.165) is 12.8 Å². The molecule has 0 aromatic heterocycles. The molecule has 0 radical (unpaired) electrons. The second-order valence-electron chi connectivity index (χ2n) is 8.70. The van der Waals surface area contributed by atoms with Gasteiger partial charge in [-0.15, -0.1) is 0 Å². The second kappa shape index (κ2) is 9.61. The van der Waals surface area contributed by atoms with Crippen LogP contribution < -0.4 is 0 Å². The van der Waals surface area contributed by atoms with Crippen LogP contribution in [0.2, 0.25) is 0 Å². The molecule has 0 nitrogen and oxygen atoms in total. The van der Waals surface area contributed by atoms with Crippen molar-refractivity contribution >= 4 is 12.2 Å². The smallest absolute Gasteiger partial charge is 0.00825 e. The van der Waals surface area contributed by atoms with Crippen molar-refractivity contribution in [1.29, 1.82) is 0 Å². The summed E-state index contributed by atoms with van der Waals surface area (Å²) in [5.41, 5.74) is 11.0. The van der Waals surface area contributed by atoms with Gasteiger partial charge in [0.05, 0.1) is 0 Å². The monoisotopic (exact) mass is 588 g/mol. The summed E-state index contributed by atoms with van der Waals surface area (Å²) in [7, 11) is 0.